The number of rotatable bonds is 9. The normalized spacial score (nSPS) is 13.0. The molecule has 0 saturated heterocycles. The Bertz CT molecular complexity index is 1280. The number of aromatic nitrogens is 4. The quantitative estimate of drug-likeness (QED) is 0.363. The summed E-state index contributed by atoms with van der Waals surface area (Å²) in [5, 5.41) is 10.9. The first kappa shape index (κ1) is 21.8. The molecule has 1 aliphatic rings. The van der Waals surface area contributed by atoms with E-state index >= 15 is 0 Å². The van der Waals surface area contributed by atoms with Crippen LogP contribution in [0.4, 0.5) is 5.82 Å². The summed E-state index contributed by atoms with van der Waals surface area (Å²) >= 11 is 0. The van der Waals surface area contributed by atoms with E-state index in [-0.39, 0.29) is 11.7 Å². The fraction of sp³-hybridized carbons (Fsp3) is 0.259. The molecule has 2 heterocycles. The average molecular weight is 454 g/mol. The lowest BCUT2D eigenvalue weighted by molar-refractivity contribution is 0.101. The number of carbonyl (C=O) groups is 1. The zero-order valence-corrected chi connectivity index (χ0v) is 19.1. The summed E-state index contributed by atoms with van der Waals surface area (Å²) in [5.74, 6) is 2.55. The van der Waals surface area contributed by atoms with Gasteiger partial charge in [-0.25, -0.2) is 4.98 Å². The molecule has 0 bridgehead atoms. The van der Waals surface area contributed by atoms with Crippen LogP contribution in [0.2, 0.25) is 0 Å². The smallest absolute Gasteiger partial charge is 0.294 e. The van der Waals surface area contributed by atoms with Crippen LogP contribution >= 0.6 is 0 Å². The molecule has 4 aromatic rings. The lowest BCUT2D eigenvalue weighted by Gasteiger charge is -2.12. The predicted molar refractivity (Wildman–Crippen MR) is 131 cm³/mol. The van der Waals surface area contributed by atoms with Crippen molar-refractivity contribution in [3.8, 4) is 16.9 Å². The highest BCUT2D eigenvalue weighted by atomic mass is 16.5. The van der Waals surface area contributed by atoms with Crippen molar-refractivity contribution < 1.29 is 9.53 Å². The maximum Gasteiger partial charge on any atom is 0.294 e. The molecule has 0 radical (unpaired) electrons. The number of hydrogen-bond donors (Lipinski definition) is 2. The first-order valence-corrected chi connectivity index (χ1v) is 11.6. The van der Waals surface area contributed by atoms with Crippen molar-refractivity contribution in [3.63, 3.8) is 0 Å². The van der Waals surface area contributed by atoms with Crippen molar-refractivity contribution in [1.29, 1.82) is 0 Å². The Hall–Kier alpha value is -4.00. The van der Waals surface area contributed by atoms with Crippen LogP contribution in [-0.4, -0.2) is 32.7 Å². The minimum atomic E-state index is -0.384. The molecule has 1 fully saturated rings. The zero-order chi connectivity index (χ0) is 23.3. The third-order valence-electron chi connectivity index (χ3n) is 5.98. The van der Waals surface area contributed by atoms with Crippen LogP contribution in [0.25, 0.3) is 11.1 Å². The number of amides is 1. The summed E-state index contributed by atoms with van der Waals surface area (Å²) in [5.41, 5.74) is 4.22. The second-order valence-corrected chi connectivity index (χ2v) is 8.72. The largest absolute Gasteiger partial charge is 0.494 e. The van der Waals surface area contributed by atoms with E-state index in [4.69, 9.17) is 4.74 Å². The lowest BCUT2D eigenvalue weighted by Crippen LogP contribution is -2.14. The Morgan fingerprint density at radius 2 is 1.94 bits per heavy atom. The molecular weight excluding hydrogens is 426 g/mol. The Balaban J connectivity index is 1.26. The van der Waals surface area contributed by atoms with Gasteiger partial charge in [0.25, 0.3) is 5.91 Å². The van der Waals surface area contributed by atoms with E-state index in [1.807, 2.05) is 48.5 Å². The molecule has 0 unspecified atom stereocenters. The van der Waals surface area contributed by atoms with Crippen LogP contribution in [0, 0.1) is 12.8 Å². The standard InChI is InChI=1S/C27H27N5O2/c1-18-7-10-22(34-14-12-19-8-9-19)17-23(18)21-11-13-28-24(16-21)30-27(33)26-29-25(31-32-26)15-20-5-3-2-4-6-20/h2-7,10-11,13,16-17,19H,8-9,12,14-15H2,1H3,(H,28,30,33)(H,29,31,32). The van der Waals surface area contributed by atoms with Crippen molar-refractivity contribution >= 4 is 11.7 Å². The van der Waals surface area contributed by atoms with Gasteiger partial charge in [-0.15, -0.1) is 10.2 Å². The van der Waals surface area contributed by atoms with Gasteiger partial charge in [-0.3, -0.25) is 4.79 Å². The van der Waals surface area contributed by atoms with E-state index in [1.54, 1.807) is 6.20 Å². The summed E-state index contributed by atoms with van der Waals surface area (Å²) in [6, 6.07) is 19.8. The second-order valence-electron chi connectivity index (χ2n) is 8.72. The first-order chi connectivity index (χ1) is 16.6. The maximum atomic E-state index is 12.7. The molecule has 2 aromatic carbocycles. The molecule has 2 aromatic heterocycles. The van der Waals surface area contributed by atoms with Crippen LogP contribution in [0.1, 0.15) is 46.8 Å². The number of hydrogen-bond acceptors (Lipinski definition) is 5. The molecule has 1 aliphatic carbocycles. The van der Waals surface area contributed by atoms with Crippen LogP contribution in [0.15, 0.2) is 66.9 Å². The van der Waals surface area contributed by atoms with Gasteiger partial charge >= 0.3 is 0 Å². The number of pyridine rings is 1. The van der Waals surface area contributed by atoms with E-state index in [9.17, 15) is 4.79 Å². The fourth-order valence-electron chi connectivity index (χ4n) is 3.86. The molecule has 2 N–H and O–H groups in total. The van der Waals surface area contributed by atoms with Gasteiger partial charge in [0.15, 0.2) is 0 Å². The van der Waals surface area contributed by atoms with Crippen molar-refractivity contribution in [2.45, 2.75) is 32.6 Å². The molecule has 0 aliphatic heterocycles. The molecule has 7 heteroatoms. The molecule has 1 saturated carbocycles. The van der Waals surface area contributed by atoms with Crippen molar-refractivity contribution in [3.05, 3.63) is 89.6 Å². The zero-order valence-electron chi connectivity index (χ0n) is 19.1. The van der Waals surface area contributed by atoms with E-state index in [2.05, 4.69) is 44.5 Å². The monoisotopic (exact) mass is 453 g/mol. The average Bonchev–Trinajstić information content (AvgIpc) is 3.56. The van der Waals surface area contributed by atoms with Gasteiger partial charge in [0.1, 0.15) is 17.4 Å². The summed E-state index contributed by atoms with van der Waals surface area (Å²) in [6.45, 7) is 2.80. The molecule has 0 spiro atoms. The van der Waals surface area contributed by atoms with E-state index in [1.165, 1.54) is 12.8 Å². The minimum Gasteiger partial charge on any atom is -0.494 e. The van der Waals surface area contributed by atoms with Gasteiger partial charge in [0, 0.05) is 12.6 Å². The second kappa shape index (κ2) is 9.87. The van der Waals surface area contributed by atoms with E-state index < -0.39 is 0 Å². The van der Waals surface area contributed by atoms with Crippen LogP contribution in [0.3, 0.4) is 0 Å². The Kier molecular flexibility index (Phi) is 6.33. The first-order valence-electron chi connectivity index (χ1n) is 11.6. The summed E-state index contributed by atoms with van der Waals surface area (Å²) in [7, 11) is 0. The number of H-pyrrole nitrogens is 1. The molecule has 0 atom stereocenters. The van der Waals surface area contributed by atoms with Crippen LogP contribution in [-0.2, 0) is 6.42 Å². The number of anilines is 1. The third-order valence-corrected chi connectivity index (χ3v) is 5.98. The van der Waals surface area contributed by atoms with E-state index in [0.29, 0.717) is 18.1 Å². The topological polar surface area (TPSA) is 92.8 Å². The number of aryl methyl sites for hydroxylation is 1. The van der Waals surface area contributed by atoms with Crippen molar-refractivity contribution in [2.75, 3.05) is 11.9 Å². The maximum absolute atomic E-state index is 12.7. The lowest BCUT2D eigenvalue weighted by atomic mass is 10.0. The highest BCUT2D eigenvalue weighted by molar-refractivity contribution is 6.01. The number of carbonyl (C=O) groups excluding carboxylic acids is 1. The molecule has 172 valence electrons. The summed E-state index contributed by atoms with van der Waals surface area (Å²) in [6.07, 6.45) is 6.04. The van der Waals surface area contributed by atoms with Crippen molar-refractivity contribution in [1.82, 2.24) is 20.2 Å². The van der Waals surface area contributed by atoms with Gasteiger partial charge < -0.3 is 15.0 Å². The van der Waals surface area contributed by atoms with Gasteiger partial charge in [-0.05, 0) is 65.8 Å². The van der Waals surface area contributed by atoms with Gasteiger partial charge in [0.2, 0.25) is 5.82 Å². The highest BCUT2D eigenvalue weighted by Gasteiger charge is 2.20. The molecule has 34 heavy (non-hydrogen) atoms. The van der Waals surface area contributed by atoms with Gasteiger partial charge in [-0.2, -0.15) is 0 Å². The van der Waals surface area contributed by atoms with Gasteiger partial charge in [-0.1, -0.05) is 49.2 Å². The van der Waals surface area contributed by atoms with E-state index in [0.717, 1.165) is 46.9 Å². The number of nitrogens with one attached hydrogen (secondary N) is 2. The number of ether oxygens (including phenoxy) is 1. The van der Waals surface area contributed by atoms with Crippen molar-refractivity contribution in [2.24, 2.45) is 5.92 Å². The predicted octanol–water partition coefficient (Wildman–Crippen LogP) is 5.20. The number of nitrogens with zero attached hydrogens (tertiary/aromatic N) is 3. The van der Waals surface area contributed by atoms with Crippen LogP contribution < -0.4 is 10.1 Å². The highest BCUT2D eigenvalue weighted by Crippen LogP contribution is 2.33. The number of benzene rings is 2. The molecular formula is C27H27N5O2. The Labute approximate surface area is 198 Å². The Morgan fingerprint density at radius 3 is 2.76 bits per heavy atom. The molecule has 7 nitrogen and oxygen atoms in total. The Morgan fingerprint density at radius 1 is 1.09 bits per heavy atom. The van der Waals surface area contributed by atoms with Gasteiger partial charge in [0.05, 0.1) is 6.61 Å². The molecule has 5 rings (SSSR count). The fourth-order valence-corrected chi connectivity index (χ4v) is 3.86. The SMILES string of the molecule is Cc1ccc(OCCC2CC2)cc1-c1ccnc(NC(=O)c2nnc(Cc3ccccc3)[nH]2)c1. The number of aromatic amines is 1. The molecule has 1 amide bonds. The summed E-state index contributed by atoms with van der Waals surface area (Å²) < 4.78 is 5.97. The minimum absolute atomic E-state index is 0.153. The summed E-state index contributed by atoms with van der Waals surface area (Å²) in [4.78, 5) is 20.0. The third kappa shape index (κ3) is 5.49. The van der Waals surface area contributed by atoms with Crippen LogP contribution in [0.5, 0.6) is 5.75 Å².